The predicted octanol–water partition coefficient (Wildman–Crippen LogP) is 2.06. The zero-order valence-corrected chi connectivity index (χ0v) is 10.9. The zero-order valence-electron chi connectivity index (χ0n) is 10.1. The summed E-state index contributed by atoms with van der Waals surface area (Å²) >= 11 is 1.55. The van der Waals surface area contributed by atoms with Crippen LogP contribution in [0.5, 0.6) is 0 Å². The number of hydrogen-bond acceptors (Lipinski definition) is 4. The first-order valence-electron chi connectivity index (χ1n) is 5.86. The molecule has 18 heavy (non-hydrogen) atoms. The first kappa shape index (κ1) is 11.6. The SMILES string of the molecule is CC1(CNC(=O)c2ccc3ncsc3c2)COC1. The highest BCUT2D eigenvalue weighted by Crippen LogP contribution is 2.25. The molecule has 0 atom stereocenters. The van der Waals surface area contributed by atoms with E-state index in [0.717, 1.165) is 23.4 Å². The second-order valence-electron chi connectivity index (χ2n) is 5.02. The molecule has 1 N–H and O–H groups in total. The van der Waals surface area contributed by atoms with Gasteiger partial charge < -0.3 is 10.1 Å². The molecule has 5 heteroatoms. The van der Waals surface area contributed by atoms with Gasteiger partial charge in [-0.1, -0.05) is 6.92 Å². The first-order valence-corrected chi connectivity index (χ1v) is 6.74. The number of nitrogens with zero attached hydrogens (tertiary/aromatic N) is 1. The number of nitrogens with one attached hydrogen (secondary N) is 1. The minimum Gasteiger partial charge on any atom is -0.380 e. The highest BCUT2D eigenvalue weighted by Gasteiger charge is 2.33. The van der Waals surface area contributed by atoms with Crippen molar-refractivity contribution in [1.29, 1.82) is 0 Å². The molecule has 1 saturated heterocycles. The summed E-state index contributed by atoms with van der Waals surface area (Å²) in [4.78, 5) is 16.2. The van der Waals surface area contributed by atoms with Gasteiger partial charge >= 0.3 is 0 Å². The molecule has 1 aliphatic rings. The van der Waals surface area contributed by atoms with E-state index in [0.29, 0.717) is 12.1 Å². The largest absolute Gasteiger partial charge is 0.380 e. The Labute approximate surface area is 109 Å². The number of thiazole rings is 1. The van der Waals surface area contributed by atoms with Crippen molar-refractivity contribution >= 4 is 27.5 Å². The molecule has 0 aliphatic carbocycles. The minimum absolute atomic E-state index is 0.0292. The molecule has 1 amide bonds. The molecule has 4 nitrogen and oxygen atoms in total. The number of benzene rings is 1. The van der Waals surface area contributed by atoms with E-state index >= 15 is 0 Å². The van der Waals surface area contributed by atoms with Crippen molar-refractivity contribution in [2.24, 2.45) is 5.41 Å². The number of fused-ring (bicyclic) bond motifs is 1. The second kappa shape index (κ2) is 4.33. The number of amides is 1. The van der Waals surface area contributed by atoms with Crippen LogP contribution in [-0.2, 0) is 4.74 Å². The Bertz CT molecular complexity index is 589. The summed E-state index contributed by atoms with van der Waals surface area (Å²) in [6, 6.07) is 5.59. The van der Waals surface area contributed by atoms with E-state index in [4.69, 9.17) is 4.74 Å². The molecule has 0 bridgehead atoms. The van der Waals surface area contributed by atoms with Crippen LogP contribution in [0.4, 0.5) is 0 Å². The van der Waals surface area contributed by atoms with E-state index in [1.165, 1.54) is 0 Å². The first-order chi connectivity index (χ1) is 8.66. The van der Waals surface area contributed by atoms with Crippen molar-refractivity contribution in [2.45, 2.75) is 6.92 Å². The molecule has 1 aromatic heterocycles. The van der Waals surface area contributed by atoms with Crippen molar-refractivity contribution < 1.29 is 9.53 Å². The Balaban J connectivity index is 1.71. The van der Waals surface area contributed by atoms with Gasteiger partial charge in [0.1, 0.15) is 0 Å². The van der Waals surface area contributed by atoms with Crippen molar-refractivity contribution in [2.75, 3.05) is 19.8 Å². The smallest absolute Gasteiger partial charge is 0.251 e. The van der Waals surface area contributed by atoms with Crippen molar-refractivity contribution in [1.82, 2.24) is 10.3 Å². The summed E-state index contributed by atoms with van der Waals surface area (Å²) < 4.78 is 6.21. The summed E-state index contributed by atoms with van der Waals surface area (Å²) in [5, 5.41) is 2.96. The summed E-state index contributed by atoms with van der Waals surface area (Å²) in [5.41, 5.74) is 3.52. The average molecular weight is 262 g/mol. The van der Waals surface area contributed by atoms with Gasteiger partial charge in [0, 0.05) is 17.5 Å². The normalized spacial score (nSPS) is 17.4. The molecule has 0 unspecified atom stereocenters. The highest BCUT2D eigenvalue weighted by atomic mass is 32.1. The second-order valence-corrected chi connectivity index (χ2v) is 5.91. The molecule has 0 spiro atoms. The monoisotopic (exact) mass is 262 g/mol. The molecule has 1 aromatic carbocycles. The fourth-order valence-corrected chi connectivity index (χ4v) is 2.66. The van der Waals surface area contributed by atoms with E-state index in [1.807, 2.05) is 18.2 Å². The van der Waals surface area contributed by atoms with E-state index in [9.17, 15) is 4.79 Å². The Morgan fingerprint density at radius 2 is 2.39 bits per heavy atom. The lowest BCUT2D eigenvalue weighted by atomic mass is 9.88. The van der Waals surface area contributed by atoms with Gasteiger partial charge in [0.15, 0.2) is 0 Å². The molecule has 2 aromatic rings. The van der Waals surface area contributed by atoms with Gasteiger partial charge in [-0.25, -0.2) is 4.98 Å². The third kappa shape index (κ3) is 2.11. The van der Waals surface area contributed by atoms with Crippen LogP contribution in [0, 0.1) is 5.41 Å². The maximum absolute atomic E-state index is 12.0. The van der Waals surface area contributed by atoms with E-state index in [2.05, 4.69) is 17.2 Å². The summed E-state index contributed by atoms with van der Waals surface area (Å²) in [7, 11) is 0. The highest BCUT2D eigenvalue weighted by molar-refractivity contribution is 7.16. The molecule has 0 saturated carbocycles. The number of aromatic nitrogens is 1. The van der Waals surface area contributed by atoms with Gasteiger partial charge in [-0.3, -0.25) is 4.79 Å². The Kier molecular flexibility index (Phi) is 2.80. The summed E-state index contributed by atoms with van der Waals surface area (Å²) in [6.07, 6.45) is 0. The third-order valence-electron chi connectivity index (χ3n) is 3.17. The van der Waals surface area contributed by atoms with Gasteiger partial charge in [-0.2, -0.15) is 0 Å². The fourth-order valence-electron chi connectivity index (χ4n) is 1.94. The maximum Gasteiger partial charge on any atom is 0.251 e. The summed E-state index contributed by atoms with van der Waals surface area (Å²) in [5.74, 6) is -0.0292. The van der Waals surface area contributed by atoms with E-state index in [-0.39, 0.29) is 11.3 Å². The lowest BCUT2D eigenvalue weighted by molar-refractivity contribution is -0.0978. The standard InChI is InChI=1S/C13H14N2O2S/c1-13(6-17-7-13)5-14-12(16)9-2-3-10-11(4-9)18-8-15-10/h2-4,8H,5-7H2,1H3,(H,14,16). The summed E-state index contributed by atoms with van der Waals surface area (Å²) in [6.45, 7) is 4.22. The van der Waals surface area contributed by atoms with Crippen molar-refractivity contribution in [3.63, 3.8) is 0 Å². The fraction of sp³-hybridized carbons (Fsp3) is 0.385. The van der Waals surface area contributed by atoms with Crippen molar-refractivity contribution in [3.8, 4) is 0 Å². The molecule has 1 aliphatic heterocycles. The van der Waals surface area contributed by atoms with Gasteiger partial charge in [0.05, 0.1) is 28.9 Å². The van der Waals surface area contributed by atoms with Crippen molar-refractivity contribution in [3.05, 3.63) is 29.3 Å². The number of carbonyl (C=O) groups is 1. The number of hydrogen-bond donors (Lipinski definition) is 1. The molecule has 1 fully saturated rings. The van der Waals surface area contributed by atoms with Crippen LogP contribution in [0.1, 0.15) is 17.3 Å². The van der Waals surface area contributed by atoms with E-state index < -0.39 is 0 Å². The lowest BCUT2D eigenvalue weighted by Crippen LogP contribution is -2.48. The molecule has 3 rings (SSSR count). The Hall–Kier alpha value is -1.46. The topological polar surface area (TPSA) is 51.2 Å². The maximum atomic E-state index is 12.0. The van der Waals surface area contributed by atoms with E-state index in [1.54, 1.807) is 16.8 Å². The van der Waals surface area contributed by atoms with Gasteiger partial charge in [-0.05, 0) is 18.2 Å². The Morgan fingerprint density at radius 3 is 3.11 bits per heavy atom. The number of carbonyl (C=O) groups excluding carboxylic acids is 1. The molecular formula is C13H14N2O2S. The Morgan fingerprint density at radius 1 is 1.56 bits per heavy atom. The van der Waals surface area contributed by atoms with Gasteiger partial charge in [-0.15, -0.1) is 11.3 Å². The van der Waals surface area contributed by atoms with Crippen LogP contribution < -0.4 is 5.32 Å². The van der Waals surface area contributed by atoms with Crippen LogP contribution in [0.25, 0.3) is 10.2 Å². The van der Waals surface area contributed by atoms with Crippen LogP contribution in [0.2, 0.25) is 0 Å². The molecule has 94 valence electrons. The minimum atomic E-state index is -0.0292. The van der Waals surface area contributed by atoms with Crippen LogP contribution in [0.3, 0.4) is 0 Å². The van der Waals surface area contributed by atoms with Gasteiger partial charge in [0.2, 0.25) is 0 Å². The molecule has 0 radical (unpaired) electrons. The zero-order chi connectivity index (χ0) is 12.6. The molecule has 2 heterocycles. The van der Waals surface area contributed by atoms with Crippen LogP contribution in [-0.4, -0.2) is 30.6 Å². The number of rotatable bonds is 3. The van der Waals surface area contributed by atoms with Crippen LogP contribution >= 0.6 is 11.3 Å². The lowest BCUT2D eigenvalue weighted by Gasteiger charge is -2.38. The quantitative estimate of drug-likeness (QED) is 0.921. The van der Waals surface area contributed by atoms with Gasteiger partial charge in [0.25, 0.3) is 5.91 Å². The molecular weight excluding hydrogens is 248 g/mol. The third-order valence-corrected chi connectivity index (χ3v) is 3.96. The number of ether oxygens (including phenoxy) is 1. The van der Waals surface area contributed by atoms with Crippen LogP contribution in [0.15, 0.2) is 23.7 Å². The average Bonchev–Trinajstić information content (AvgIpc) is 2.80. The predicted molar refractivity (Wildman–Crippen MR) is 70.9 cm³/mol.